The lowest BCUT2D eigenvalue weighted by atomic mass is 9.88. The highest BCUT2D eigenvalue weighted by atomic mass is 19.1. The number of ketones is 1. The Bertz CT molecular complexity index is 995. The van der Waals surface area contributed by atoms with Gasteiger partial charge < -0.3 is 0 Å². The number of Topliss-reactive ketones (excluding diaryl/α,β-unsaturated/α-hetero) is 1. The molecule has 0 saturated carbocycles. The van der Waals surface area contributed by atoms with Gasteiger partial charge in [0.25, 0.3) is 0 Å². The Morgan fingerprint density at radius 2 is 2.00 bits per heavy atom. The van der Waals surface area contributed by atoms with E-state index >= 15 is 0 Å². The summed E-state index contributed by atoms with van der Waals surface area (Å²) < 4.78 is 28.7. The summed E-state index contributed by atoms with van der Waals surface area (Å²) in [4.78, 5) is 18.3. The summed E-state index contributed by atoms with van der Waals surface area (Å²) in [5.41, 5.74) is 0.668. The fourth-order valence-corrected chi connectivity index (χ4v) is 3.47. The average molecular weight is 370 g/mol. The van der Waals surface area contributed by atoms with Gasteiger partial charge in [0.05, 0.1) is 12.6 Å². The Kier molecular flexibility index (Phi) is 4.47. The second-order valence-electron chi connectivity index (χ2n) is 7.11. The monoisotopic (exact) mass is 370 g/mol. The van der Waals surface area contributed by atoms with Crippen LogP contribution in [0.15, 0.2) is 42.9 Å². The molecule has 1 aromatic carbocycles. The number of alkyl halides is 2. The van der Waals surface area contributed by atoms with Crippen LogP contribution in [0.3, 0.4) is 0 Å². The van der Waals surface area contributed by atoms with E-state index in [0.717, 1.165) is 21.9 Å². The molecule has 3 aromatic rings. The van der Waals surface area contributed by atoms with E-state index in [0.29, 0.717) is 5.69 Å². The van der Waals surface area contributed by atoms with Crippen LogP contribution in [0.2, 0.25) is 0 Å². The van der Waals surface area contributed by atoms with Gasteiger partial charge >= 0.3 is 0 Å². The number of carbonyl (C=O) groups is 1. The van der Waals surface area contributed by atoms with E-state index in [4.69, 9.17) is 0 Å². The standard InChI is InChI=1S/C20H20F2N4O/c1-25-11-17(10-24-25)14-2-3-15-9-23-18(7-16(15)6-14)8-19(27)20(22)12-26(13-20)5-4-21/h2-3,6-7,9-11H,4-5,8,12-13H2,1H3. The van der Waals surface area contributed by atoms with Crippen molar-refractivity contribution in [2.75, 3.05) is 26.3 Å². The summed E-state index contributed by atoms with van der Waals surface area (Å²) in [5.74, 6) is -0.493. The third-order valence-corrected chi connectivity index (χ3v) is 5.01. The van der Waals surface area contributed by atoms with Crippen molar-refractivity contribution in [2.24, 2.45) is 7.05 Å². The van der Waals surface area contributed by atoms with Gasteiger partial charge in [0.2, 0.25) is 0 Å². The van der Waals surface area contributed by atoms with Gasteiger partial charge in [-0.05, 0) is 23.1 Å². The number of nitrogens with zero attached hydrogens (tertiary/aromatic N) is 4. The van der Waals surface area contributed by atoms with Crippen LogP contribution < -0.4 is 0 Å². The predicted molar refractivity (Wildman–Crippen MR) is 98.9 cm³/mol. The molecule has 0 N–H and O–H groups in total. The number of aromatic nitrogens is 3. The molecule has 3 heterocycles. The van der Waals surface area contributed by atoms with E-state index in [1.165, 1.54) is 0 Å². The molecule has 1 fully saturated rings. The average Bonchev–Trinajstić information content (AvgIpc) is 3.06. The highest BCUT2D eigenvalue weighted by molar-refractivity contribution is 5.92. The second kappa shape index (κ2) is 6.81. The number of fused-ring (bicyclic) bond motifs is 1. The molecule has 7 heteroatoms. The fraction of sp³-hybridized carbons (Fsp3) is 0.350. The molecule has 0 unspecified atom stereocenters. The molecular formula is C20H20F2N4O. The van der Waals surface area contributed by atoms with Gasteiger partial charge in [-0.25, -0.2) is 8.78 Å². The number of carbonyl (C=O) groups excluding carboxylic acids is 1. The van der Waals surface area contributed by atoms with Crippen molar-refractivity contribution in [3.63, 3.8) is 0 Å². The van der Waals surface area contributed by atoms with E-state index < -0.39 is 18.1 Å². The number of hydrogen-bond donors (Lipinski definition) is 0. The van der Waals surface area contributed by atoms with Crippen LogP contribution in [0.25, 0.3) is 21.9 Å². The molecule has 0 spiro atoms. The Morgan fingerprint density at radius 3 is 2.70 bits per heavy atom. The first-order valence-electron chi connectivity index (χ1n) is 8.85. The van der Waals surface area contributed by atoms with Gasteiger partial charge in [-0.3, -0.25) is 19.4 Å². The van der Waals surface area contributed by atoms with Crippen molar-refractivity contribution in [3.05, 3.63) is 48.5 Å². The summed E-state index contributed by atoms with van der Waals surface area (Å²) in [6.45, 7) is -0.428. The highest BCUT2D eigenvalue weighted by Gasteiger charge is 2.49. The van der Waals surface area contributed by atoms with Gasteiger partial charge in [-0.1, -0.05) is 12.1 Å². The Morgan fingerprint density at radius 1 is 1.19 bits per heavy atom. The number of halogens is 2. The summed E-state index contributed by atoms with van der Waals surface area (Å²) >= 11 is 0. The van der Waals surface area contributed by atoms with Crippen LogP contribution in [-0.4, -0.2) is 57.4 Å². The van der Waals surface area contributed by atoms with Crippen LogP contribution in [0, 0.1) is 0 Å². The molecule has 0 amide bonds. The van der Waals surface area contributed by atoms with E-state index in [1.54, 1.807) is 22.0 Å². The van der Waals surface area contributed by atoms with Crippen molar-refractivity contribution in [1.29, 1.82) is 0 Å². The first-order chi connectivity index (χ1) is 13.0. The van der Waals surface area contributed by atoms with E-state index in [9.17, 15) is 13.6 Å². The van der Waals surface area contributed by atoms with Crippen molar-refractivity contribution in [3.8, 4) is 11.1 Å². The van der Waals surface area contributed by atoms with Gasteiger partial charge in [-0.2, -0.15) is 5.10 Å². The topological polar surface area (TPSA) is 51.0 Å². The molecule has 2 aromatic heterocycles. The maximum absolute atomic E-state index is 14.6. The molecule has 27 heavy (non-hydrogen) atoms. The third kappa shape index (κ3) is 3.47. The van der Waals surface area contributed by atoms with Crippen molar-refractivity contribution < 1.29 is 13.6 Å². The number of rotatable bonds is 6. The smallest absolute Gasteiger partial charge is 0.194 e. The molecule has 0 radical (unpaired) electrons. The molecule has 0 aliphatic carbocycles. The third-order valence-electron chi connectivity index (χ3n) is 5.01. The molecule has 1 aliphatic heterocycles. The predicted octanol–water partition coefficient (Wildman–Crippen LogP) is 2.74. The van der Waals surface area contributed by atoms with Crippen LogP contribution in [0.5, 0.6) is 0 Å². The van der Waals surface area contributed by atoms with Crippen LogP contribution in [-0.2, 0) is 18.3 Å². The summed E-state index contributed by atoms with van der Waals surface area (Å²) in [7, 11) is 1.86. The minimum atomic E-state index is -1.89. The highest BCUT2D eigenvalue weighted by Crippen LogP contribution is 2.28. The van der Waals surface area contributed by atoms with Gasteiger partial charge in [-0.15, -0.1) is 0 Å². The first-order valence-corrected chi connectivity index (χ1v) is 8.85. The lowest BCUT2D eigenvalue weighted by Crippen LogP contribution is -2.63. The normalized spacial score (nSPS) is 16.4. The minimum absolute atomic E-state index is 0.0332. The summed E-state index contributed by atoms with van der Waals surface area (Å²) in [6, 6.07) is 7.80. The summed E-state index contributed by atoms with van der Waals surface area (Å²) in [5, 5.41) is 6.07. The Hall–Kier alpha value is -2.67. The van der Waals surface area contributed by atoms with Gasteiger partial charge in [0, 0.05) is 55.7 Å². The van der Waals surface area contributed by atoms with Crippen molar-refractivity contribution in [1.82, 2.24) is 19.7 Å². The molecule has 4 rings (SSSR count). The van der Waals surface area contributed by atoms with Crippen LogP contribution in [0.1, 0.15) is 5.69 Å². The largest absolute Gasteiger partial charge is 0.296 e. The summed E-state index contributed by atoms with van der Waals surface area (Å²) in [6.07, 6.45) is 5.36. The molecule has 5 nitrogen and oxygen atoms in total. The van der Waals surface area contributed by atoms with E-state index in [1.807, 2.05) is 37.5 Å². The van der Waals surface area contributed by atoms with E-state index in [-0.39, 0.29) is 26.1 Å². The number of pyridine rings is 1. The maximum Gasteiger partial charge on any atom is 0.194 e. The molecule has 140 valence electrons. The molecular weight excluding hydrogens is 350 g/mol. The molecule has 1 aliphatic rings. The van der Waals surface area contributed by atoms with Gasteiger partial charge in [0.15, 0.2) is 11.5 Å². The van der Waals surface area contributed by atoms with Crippen molar-refractivity contribution >= 4 is 16.6 Å². The van der Waals surface area contributed by atoms with Gasteiger partial charge in [0.1, 0.15) is 6.67 Å². The zero-order valence-corrected chi connectivity index (χ0v) is 15.0. The van der Waals surface area contributed by atoms with Crippen molar-refractivity contribution in [2.45, 2.75) is 12.1 Å². The fourth-order valence-electron chi connectivity index (χ4n) is 3.47. The second-order valence-corrected chi connectivity index (χ2v) is 7.11. The zero-order valence-electron chi connectivity index (χ0n) is 15.0. The number of benzene rings is 1. The Balaban J connectivity index is 1.53. The molecule has 1 saturated heterocycles. The first kappa shape index (κ1) is 17.7. The van der Waals surface area contributed by atoms with Crippen LogP contribution in [0.4, 0.5) is 8.78 Å². The number of likely N-dealkylation sites (tertiary alicyclic amines) is 1. The zero-order chi connectivity index (χ0) is 19.0. The quantitative estimate of drug-likeness (QED) is 0.670. The molecule has 0 bridgehead atoms. The minimum Gasteiger partial charge on any atom is -0.296 e. The SMILES string of the molecule is Cn1cc(-c2ccc3cnc(CC(=O)C4(F)CN(CCF)C4)cc3c2)cn1. The van der Waals surface area contributed by atoms with E-state index in [2.05, 4.69) is 10.1 Å². The lowest BCUT2D eigenvalue weighted by Gasteiger charge is -2.42. The lowest BCUT2D eigenvalue weighted by molar-refractivity contribution is -0.142. The number of aryl methyl sites for hydroxylation is 1. The Labute approximate surface area is 155 Å². The maximum atomic E-state index is 14.6. The van der Waals surface area contributed by atoms with Crippen LogP contribution >= 0.6 is 0 Å². The molecule has 0 atom stereocenters. The number of hydrogen-bond acceptors (Lipinski definition) is 4.